The van der Waals surface area contributed by atoms with Gasteiger partial charge in [0.25, 0.3) is 0 Å². The molecule has 10 heteroatoms. The number of aromatic nitrogens is 2. The van der Waals surface area contributed by atoms with Gasteiger partial charge in [0.2, 0.25) is 0 Å². The van der Waals surface area contributed by atoms with Crippen molar-refractivity contribution in [3.05, 3.63) is 57.7 Å². The number of aliphatic carboxylic acids is 1. The van der Waals surface area contributed by atoms with Crippen molar-refractivity contribution in [2.24, 2.45) is 5.41 Å². The summed E-state index contributed by atoms with van der Waals surface area (Å²) < 4.78 is 54.5. The highest BCUT2D eigenvalue weighted by atomic mass is 28.4. The van der Waals surface area contributed by atoms with Crippen molar-refractivity contribution < 1.29 is 32.2 Å². The number of carboxylic acids is 1. The third-order valence-electron chi connectivity index (χ3n) is 10.7. The van der Waals surface area contributed by atoms with Gasteiger partial charge in [0.1, 0.15) is 11.8 Å². The molecule has 0 bridgehead atoms. The fraction of sp³-hybridized carbons (Fsp3) is 0.676. The predicted octanol–water partition coefficient (Wildman–Crippen LogP) is 8.22. The number of rotatable bonds is 6. The minimum Gasteiger partial charge on any atom is -0.550 e. The second-order valence-electron chi connectivity index (χ2n) is 15.6. The summed E-state index contributed by atoms with van der Waals surface area (Å²) >= 11 is 0. The van der Waals surface area contributed by atoms with Gasteiger partial charge in [-0.3, -0.25) is 9.97 Å². The van der Waals surface area contributed by atoms with E-state index in [2.05, 4.69) is 52.7 Å². The first kappa shape index (κ1) is 33.1. The van der Waals surface area contributed by atoms with Gasteiger partial charge in [-0.25, -0.2) is 0 Å². The summed E-state index contributed by atoms with van der Waals surface area (Å²) in [6, 6.07) is 2.48. The lowest BCUT2D eigenvalue weighted by Gasteiger charge is -2.48. The molecule has 0 aromatic carbocycles. The van der Waals surface area contributed by atoms with E-state index in [9.17, 15) is 23.1 Å². The van der Waals surface area contributed by atoms with Crippen LogP contribution in [0.5, 0.6) is 0 Å². The number of pyridine rings is 2. The molecule has 0 N–H and O–H groups in total. The van der Waals surface area contributed by atoms with Gasteiger partial charge in [0.05, 0.1) is 17.4 Å². The van der Waals surface area contributed by atoms with E-state index < -0.39 is 49.2 Å². The van der Waals surface area contributed by atoms with Crippen LogP contribution in [0.25, 0.3) is 0 Å². The van der Waals surface area contributed by atoms with Crippen LogP contribution in [-0.2, 0) is 25.7 Å². The van der Waals surface area contributed by atoms with Gasteiger partial charge in [-0.1, -0.05) is 67.4 Å². The van der Waals surface area contributed by atoms with E-state index in [1.807, 2.05) is 13.8 Å². The van der Waals surface area contributed by atoms with E-state index in [0.717, 1.165) is 59.8 Å². The van der Waals surface area contributed by atoms with Gasteiger partial charge < -0.3 is 19.1 Å². The first-order chi connectivity index (χ1) is 20.2. The molecule has 0 unspecified atom stereocenters. The van der Waals surface area contributed by atoms with E-state index in [1.54, 1.807) is 0 Å². The Balaban J connectivity index is 1.82. The highest BCUT2D eigenvalue weighted by Gasteiger charge is 2.55. The van der Waals surface area contributed by atoms with Crippen LogP contribution in [0, 0.1) is 5.41 Å². The molecule has 242 valence electrons. The SMILES string of the molecule is CC(C)c1nc2c(c3c1[C@@H](c1ccc(C(F)(F)F)nc1)OC31CCCC1)[C@@H](O[Si](C)(C)C(C)(C)C)CC(C)(C)[C@H]2CC(=O)[O-]. The number of hydrogen-bond donors (Lipinski definition) is 0. The Hall–Kier alpha value is -2.30. The van der Waals surface area contributed by atoms with Crippen LogP contribution < -0.4 is 5.11 Å². The zero-order valence-corrected chi connectivity index (χ0v) is 28.4. The molecular weight excluding hydrogens is 585 g/mol. The van der Waals surface area contributed by atoms with Gasteiger partial charge in [0.15, 0.2) is 8.32 Å². The lowest BCUT2D eigenvalue weighted by atomic mass is 9.63. The van der Waals surface area contributed by atoms with Crippen LogP contribution in [0.15, 0.2) is 18.3 Å². The molecule has 1 fully saturated rings. The molecule has 2 aromatic heterocycles. The highest BCUT2D eigenvalue weighted by Crippen LogP contribution is 2.62. The standard InChI is InChI=1S/C34H47F3N2O4Si/c1-19(2)28-26-27(33(14-10-11-15-33)42-30(26)20-12-13-23(38-18-20)34(35,36)37)25-22(43-44(8,9)31(3,4)5)17-32(6,7)21(16-24(40)41)29(25)39-28/h12-13,18-19,21-22,30H,10-11,14-17H2,1-9H3,(H,40,41)/p-1/t21-,22-,30+/m0/s1. The van der Waals surface area contributed by atoms with Crippen molar-refractivity contribution in [2.75, 3.05) is 0 Å². The molecule has 0 radical (unpaired) electrons. The van der Waals surface area contributed by atoms with Crippen LogP contribution in [0.4, 0.5) is 13.2 Å². The van der Waals surface area contributed by atoms with Crippen LogP contribution in [0.2, 0.25) is 18.1 Å². The molecule has 5 rings (SSSR count). The molecule has 1 aliphatic heterocycles. The zero-order chi connectivity index (χ0) is 32.6. The van der Waals surface area contributed by atoms with E-state index in [1.165, 1.54) is 12.3 Å². The molecule has 3 atom stereocenters. The Kier molecular flexibility index (Phi) is 8.19. The second kappa shape index (κ2) is 10.9. The number of halogens is 3. The maximum atomic E-state index is 13.4. The molecule has 2 aliphatic carbocycles. The Morgan fingerprint density at radius 3 is 2.27 bits per heavy atom. The summed E-state index contributed by atoms with van der Waals surface area (Å²) in [5.74, 6) is -1.56. The average molecular weight is 632 g/mol. The van der Waals surface area contributed by atoms with Crippen molar-refractivity contribution in [3.8, 4) is 0 Å². The molecule has 1 saturated carbocycles. The smallest absolute Gasteiger partial charge is 0.433 e. The second-order valence-corrected chi connectivity index (χ2v) is 20.4. The van der Waals surface area contributed by atoms with Crippen molar-refractivity contribution >= 4 is 14.3 Å². The lowest BCUT2D eigenvalue weighted by molar-refractivity contribution is -0.306. The van der Waals surface area contributed by atoms with Crippen molar-refractivity contribution in [3.63, 3.8) is 0 Å². The Morgan fingerprint density at radius 1 is 1.14 bits per heavy atom. The zero-order valence-electron chi connectivity index (χ0n) is 27.4. The number of fused-ring (bicyclic) bond motifs is 4. The number of alkyl halides is 3. The monoisotopic (exact) mass is 631 g/mol. The number of carbonyl (C=O) groups is 1. The van der Waals surface area contributed by atoms with Gasteiger partial charge in [-0.05, 0) is 66.8 Å². The molecular formula is C34H46F3N2O4Si-. The molecule has 3 heterocycles. The molecule has 44 heavy (non-hydrogen) atoms. The molecule has 2 aromatic rings. The van der Waals surface area contributed by atoms with E-state index in [4.69, 9.17) is 14.1 Å². The quantitative estimate of drug-likeness (QED) is 0.299. The van der Waals surface area contributed by atoms with Crippen LogP contribution in [-0.4, -0.2) is 24.3 Å². The summed E-state index contributed by atoms with van der Waals surface area (Å²) in [6.45, 7) is 19.3. The first-order valence-electron chi connectivity index (χ1n) is 15.9. The normalized spacial score (nSPS) is 24.5. The Labute approximate surface area is 260 Å². The molecule has 3 aliphatic rings. The van der Waals surface area contributed by atoms with E-state index >= 15 is 0 Å². The van der Waals surface area contributed by atoms with Gasteiger partial charge >= 0.3 is 6.18 Å². The number of nitrogens with zero attached hydrogens (tertiary/aromatic N) is 2. The first-order valence-corrected chi connectivity index (χ1v) is 18.8. The summed E-state index contributed by atoms with van der Waals surface area (Å²) in [7, 11) is -2.32. The lowest BCUT2D eigenvalue weighted by Crippen LogP contribution is -2.45. The number of carbonyl (C=O) groups excluding carboxylic acids is 1. The third-order valence-corrected chi connectivity index (χ3v) is 15.1. The van der Waals surface area contributed by atoms with Crippen molar-refractivity contribution in [1.29, 1.82) is 0 Å². The number of hydrogen-bond acceptors (Lipinski definition) is 6. The van der Waals surface area contributed by atoms with Gasteiger partial charge in [-0.15, -0.1) is 0 Å². The minimum absolute atomic E-state index is 0.0486. The average Bonchev–Trinajstić information content (AvgIpc) is 3.49. The fourth-order valence-corrected chi connectivity index (χ4v) is 8.59. The number of carboxylic acid groups (broad SMARTS) is 1. The van der Waals surface area contributed by atoms with Crippen LogP contribution in [0.3, 0.4) is 0 Å². The minimum atomic E-state index is -4.54. The predicted molar refractivity (Wildman–Crippen MR) is 162 cm³/mol. The highest BCUT2D eigenvalue weighted by molar-refractivity contribution is 6.74. The summed E-state index contributed by atoms with van der Waals surface area (Å²) in [5, 5.41) is 12.1. The van der Waals surface area contributed by atoms with Gasteiger partial charge in [-0.2, -0.15) is 13.2 Å². The number of ether oxygens (including phenoxy) is 1. The molecule has 6 nitrogen and oxygen atoms in total. The van der Waals surface area contributed by atoms with Gasteiger partial charge in [0, 0.05) is 40.5 Å². The Morgan fingerprint density at radius 2 is 1.77 bits per heavy atom. The summed E-state index contributed by atoms with van der Waals surface area (Å²) in [5.41, 5.74) is 2.89. The van der Waals surface area contributed by atoms with Crippen molar-refractivity contribution in [1.82, 2.24) is 9.97 Å². The van der Waals surface area contributed by atoms with Crippen LogP contribution >= 0.6 is 0 Å². The van der Waals surface area contributed by atoms with Crippen LogP contribution in [0.1, 0.15) is 150 Å². The van der Waals surface area contributed by atoms with E-state index in [-0.39, 0.29) is 23.5 Å². The third kappa shape index (κ3) is 5.64. The maximum Gasteiger partial charge on any atom is 0.433 e. The summed E-state index contributed by atoms with van der Waals surface area (Å²) in [4.78, 5) is 21.3. The van der Waals surface area contributed by atoms with E-state index in [0.29, 0.717) is 12.0 Å². The molecule has 0 amide bonds. The summed E-state index contributed by atoms with van der Waals surface area (Å²) in [6.07, 6.45) is -0.347. The maximum absolute atomic E-state index is 13.4. The molecule has 1 spiro atoms. The topological polar surface area (TPSA) is 84.4 Å². The van der Waals surface area contributed by atoms with Crippen molar-refractivity contribution in [2.45, 2.75) is 141 Å². The largest absolute Gasteiger partial charge is 0.550 e. The Bertz CT molecular complexity index is 1420. The molecule has 0 saturated heterocycles. The fourth-order valence-electron chi connectivity index (χ4n) is 7.32.